The Morgan fingerprint density at radius 3 is 2.04 bits per heavy atom. The molecular formula is C24H21NO2. The van der Waals surface area contributed by atoms with Gasteiger partial charge >= 0.3 is 5.97 Å². The molecule has 2 atom stereocenters. The highest BCUT2D eigenvalue weighted by molar-refractivity contribution is 5.91. The molecule has 1 heterocycles. The van der Waals surface area contributed by atoms with E-state index in [-0.39, 0.29) is 18.1 Å². The summed E-state index contributed by atoms with van der Waals surface area (Å²) in [7, 11) is 0. The summed E-state index contributed by atoms with van der Waals surface area (Å²) < 4.78 is 5.78. The number of esters is 1. The van der Waals surface area contributed by atoms with E-state index in [1.54, 1.807) is 0 Å². The third kappa shape index (κ3) is 3.93. The summed E-state index contributed by atoms with van der Waals surface area (Å²) in [4.78, 5) is 12.9. The van der Waals surface area contributed by atoms with E-state index < -0.39 is 0 Å². The lowest BCUT2D eigenvalue weighted by molar-refractivity contribution is -0.146. The zero-order chi connectivity index (χ0) is 18.5. The number of para-hydroxylation sites is 1. The lowest BCUT2D eigenvalue weighted by Crippen LogP contribution is -2.25. The van der Waals surface area contributed by atoms with Crippen LogP contribution < -0.4 is 5.32 Å². The van der Waals surface area contributed by atoms with Gasteiger partial charge in [-0.25, -0.2) is 4.79 Å². The van der Waals surface area contributed by atoms with Crippen LogP contribution in [0.1, 0.15) is 29.7 Å². The fourth-order valence-corrected chi connectivity index (χ4v) is 3.36. The van der Waals surface area contributed by atoms with Crippen molar-refractivity contribution >= 4 is 11.7 Å². The molecule has 0 radical (unpaired) electrons. The highest BCUT2D eigenvalue weighted by atomic mass is 16.5. The van der Waals surface area contributed by atoms with Gasteiger partial charge in [0.25, 0.3) is 0 Å². The Bertz CT molecular complexity index is 920. The van der Waals surface area contributed by atoms with Gasteiger partial charge in [0.05, 0.1) is 11.6 Å². The standard InChI is InChI=1S/C24H21NO2/c26-24-21(16-17-22(27-24)18-10-4-1-5-11-18)23(19-12-6-2-7-13-19)25-20-14-8-3-9-15-20/h1-16,22-23,25H,17H2/t22-,23+/m0/s1. The topological polar surface area (TPSA) is 38.3 Å². The molecule has 3 heteroatoms. The molecule has 0 bridgehead atoms. The third-order valence-corrected chi connectivity index (χ3v) is 4.74. The van der Waals surface area contributed by atoms with Crippen molar-refractivity contribution in [2.24, 2.45) is 0 Å². The molecule has 4 rings (SSSR count). The maximum absolute atomic E-state index is 12.9. The Morgan fingerprint density at radius 1 is 0.815 bits per heavy atom. The second-order valence-corrected chi connectivity index (χ2v) is 6.55. The molecule has 134 valence electrons. The lowest BCUT2D eigenvalue weighted by atomic mass is 9.93. The second kappa shape index (κ2) is 7.92. The van der Waals surface area contributed by atoms with Gasteiger partial charge in [-0.3, -0.25) is 0 Å². The maximum atomic E-state index is 12.9. The van der Waals surface area contributed by atoms with Crippen LogP contribution in [-0.2, 0) is 9.53 Å². The number of carbonyl (C=O) groups is 1. The maximum Gasteiger partial charge on any atom is 0.336 e. The van der Waals surface area contributed by atoms with Crippen LogP contribution in [0.5, 0.6) is 0 Å². The molecule has 3 nitrogen and oxygen atoms in total. The molecule has 1 aliphatic rings. The minimum atomic E-state index is -0.271. The molecule has 0 spiro atoms. The summed E-state index contributed by atoms with van der Waals surface area (Å²) in [6.45, 7) is 0. The monoisotopic (exact) mass is 355 g/mol. The molecule has 0 fully saturated rings. The molecule has 0 aliphatic carbocycles. The number of benzene rings is 3. The van der Waals surface area contributed by atoms with E-state index in [4.69, 9.17) is 4.74 Å². The molecule has 0 saturated carbocycles. The predicted molar refractivity (Wildman–Crippen MR) is 107 cm³/mol. The van der Waals surface area contributed by atoms with E-state index in [9.17, 15) is 4.79 Å². The van der Waals surface area contributed by atoms with Crippen molar-refractivity contribution in [1.82, 2.24) is 0 Å². The lowest BCUT2D eigenvalue weighted by Gasteiger charge is -2.28. The Hall–Kier alpha value is -3.33. The number of ether oxygens (including phenoxy) is 1. The quantitative estimate of drug-likeness (QED) is 0.618. The van der Waals surface area contributed by atoms with Crippen LogP contribution in [0.25, 0.3) is 0 Å². The molecule has 0 saturated heterocycles. The van der Waals surface area contributed by atoms with Gasteiger partial charge in [-0.2, -0.15) is 0 Å². The van der Waals surface area contributed by atoms with Crippen molar-refractivity contribution in [3.05, 3.63) is 114 Å². The van der Waals surface area contributed by atoms with Crippen molar-refractivity contribution in [3.63, 3.8) is 0 Å². The first kappa shape index (κ1) is 17.1. The van der Waals surface area contributed by atoms with Gasteiger partial charge in [-0.15, -0.1) is 0 Å². The van der Waals surface area contributed by atoms with Crippen molar-refractivity contribution < 1.29 is 9.53 Å². The Kier molecular flexibility index (Phi) is 5.01. The number of hydrogen-bond donors (Lipinski definition) is 1. The summed E-state index contributed by atoms with van der Waals surface area (Å²) in [5, 5.41) is 3.48. The first-order valence-electron chi connectivity index (χ1n) is 9.14. The van der Waals surface area contributed by atoms with Crippen molar-refractivity contribution in [2.45, 2.75) is 18.6 Å². The second-order valence-electron chi connectivity index (χ2n) is 6.55. The number of cyclic esters (lactones) is 1. The van der Waals surface area contributed by atoms with Gasteiger partial charge in [-0.1, -0.05) is 84.9 Å². The molecular weight excluding hydrogens is 334 g/mol. The van der Waals surface area contributed by atoms with Crippen molar-refractivity contribution in [2.75, 3.05) is 5.32 Å². The fraction of sp³-hybridized carbons (Fsp3) is 0.125. The summed E-state index contributed by atoms with van der Waals surface area (Å²) in [5.74, 6) is -0.271. The SMILES string of the molecule is O=C1O[C@H](c2ccccc2)CC=C1[C@H](Nc1ccccc1)c1ccccc1. The van der Waals surface area contributed by atoms with Gasteiger partial charge in [0.1, 0.15) is 6.10 Å². The minimum absolute atomic E-state index is 0.226. The molecule has 3 aromatic carbocycles. The molecule has 0 amide bonds. The first-order chi connectivity index (χ1) is 13.3. The summed E-state index contributed by atoms with van der Waals surface area (Å²) in [6.07, 6.45) is 2.46. The van der Waals surface area contributed by atoms with Crippen LogP contribution in [0.3, 0.4) is 0 Å². The fourth-order valence-electron chi connectivity index (χ4n) is 3.36. The zero-order valence-electron chi connectivity index (χ0n) is 14.9. The number of anilines is 1. The molecule has 1 aliphatic heterocycles. The molecule has 3 aromatic rings. The normalized spacial score (nSPS) is 17.6. The van der Waals surface area contributed by atoms with Gasteiger partial charge in [0, 0.05) is 12.1 Å². The van der Waals surface area contributed by atoms with Crippen LogP contribution in [-0.4, -0.2) is 5.97 Å². The van der Waals surface area contributed by atoms with Crippen molar-refractivity contribution in [3.8, 4) is 0 Å². The smallest absolute Gasteiger partial charge is 0.336 e. The van der Waals surface area contributed by atoms with E-state index in [0.717, 1.165) is 16.8 Å². The summed E-state index contributed by atoms with van der Waals surface area (Å²) in [5.41, 5.74) is 3.67. The van der Waals surface area contributed by atoms with Gasteiger partial charge in [-0.05, 0) is 23.3 Å². The van der Waals surface area contributed by atoms with Gasteiger partial charge < -0.3 is 10.1 Å². The van der Waals surface area contributed by atoms with Crippen LogP contribution in [0.4, 0.5) is 5.69 Å². The highest BCUT2D eigenvalue weighted by Crippen LogP contribution is 2.34. The van der Waals surface area contributed by atoms with E-state index in [0.29, 0.717) is 12.0 Å². The summed E-state index contributed by atoms with van der Waals surface area (Å²) >= 11 is 0. The number of carbonyl (C=O) groups excluding carboxylic acids is 1. The Labute approximate surface area is 159 Å². The number of hydrogen-bond acceptors (Lipinski definition) is 3. The van der Waals surface area contributed by atoms with Crippen LogP contribution in [0.2, 0.25) is 0 Å². The Morgan fingerprint density at radius 2 is 1.41 bits per heavy atom. The predicted octanol–water partition coefficient (Wildman–Crippen LogP) is 5.45. The van der Waals surface area contributed by atoms with E-state index in [1.807, 2.05) is 97.1 Å². The number of rotatable bonds is 5. The third-order valence-electron chi connectivity index (χ3n) is 4.74. The average Bonchev–Trinajstić information content (AvgIpc) is 2.74. The zero-order valence-corrected chi connectivity index (χ0v) is 14.9. The highest BCUT2D eigenvalue weighted by Gasteiger charge is 2.30. The minimum Gasteiger partial charge on any atom is -0.454 e. The van der Waals surface area contributed by atoms with E-state index >= 15 is 0 Å². The molecule has 27 heavy (non-hydrogen) atoms. The average molecular weight is 355 g/mol. The van der Waals surface area contributed by atoms with Gasteiger partial charge in [0.15, 0.2) is 0 Å². The first-order valence-corrected chi connectivity index (χ1v) is 9.14. The molecule has 1 N–H and O–H groups in total. The van der Waals surface area contributed by atoms with Crippen LogP contribution >= 0.6 is 0 Å². The Balaban J connectivity index is 1.64. The van der Waals surface area contributed by atoms with Crippen LogP contribution in [0.15, 0.2) is 103 Å². The van der Waals surface area contributed by atoms with E-state index in [1.165, 1.54) is 0 Å². The largest absolute Gasteiger partial charge is 0.454 e. The van der Waals surface area contributed by atoms with E-state index in [2.05, 4.69) is 5.32 Å². The van der Waals surface area contributed by atoms with Gasteiger partial charge in [0.2, 0.25) is 0 Å². The molecule has 0 unspecified atom stereocenters. The molecule has 0 aromatic heterocycles. The summed E-state index contributed by atoms with van der Waals surface area (Å²) in [6, 6.07) is 29.5. The number of nitrogens with one attached hydrogen (secondary N) is 1. The van der Waals surface area contributed by atoms with Crippen LogP contribution in [0, 0.1) is 0 Å². The van der Waals surface area contributed by atoms with Crippen molar-refractivity contribution in [1.29, 1.82) is 0 Å².